The number of fused-ring (bicyclic) bond motifs is 7. The van der Waals surface area contributed by atoms with Crippen LogP contribution in [0.5, 0.6) is 0 Å². The van der Waals surface area contributed by atoms with Gasteiger partial charge in [-0.2, -0.15) is 0 Å². The minimum Gasteiger partial charge on any atom is -0.501 e. The summed E-state index contributed by atoms with van der Waals surface area (Å²) in [6, 6.07) is 51.9. The Labute approximate surface area is 322 Å². The molecule has 261 valence electrons. The average molecular weight is 882 g/mol. The van der Waals surface area contributed by atoms with Crippen LogP contribution in [0.15, 0.2) is 148 Å². The fourth-order valence-electron chi connectivity index (χ4n) is 6.86. The van der Waals surface area contributed by atoms with Gasteiger partial charge in [-0.15, -0.1) is 53.6 Å². The Morgan fingerprint density at radius 3 is 2.02 bits per heavy atom. The maximum Gasteiger partial charge on any atom is 0.158 e. The van der Waals surface area contributed by atoms with Crippen molar-refractivity contribution in [2.45, 2.75) is 26.6 Å². The van der Waals surface area contributed by atoms with Crippen LogP contribution < -0.4 is 5.19 Å². The fourth-order valence-corrected chi connectivity index (χ4v) is 7.90. The van der Waals surface area contributed by atoms with Crippen LogP contribution in [0.4, 0.5) is 0 Å². The van der Waals surface area contributed by atoms with Crippen molar-refractivity contribution >= 4 is 68.2 Å². The topological polar surface area (TPSA) is 57.0 Å². The first-order chi connectivity index (χ1) is 25.3. The number of benzene rings is 6. The van der Waals surface area contributed by atoms with E-state index in [1.165, 1.54) is 10.8 Å². The van der Waals surface area contributed by atoms with Gasteiger partial charge >= 0.3 is 0 Å². The van der Waals surface area contributed by atoms with Gasteiger partial charge < -0.3 is 18.4 Å². The maximum atomic E-state index is 6.40. The molecule has 0 aliphatic heterocycles. The number of nitrogens with zero attached hydrogens (tertiary/aromatic N) is 3. The molecule has 0 saturated carbocycles. The zero-order valence-corrected chi connectivity index (χ0v) is 33.2. The molecular weight excluding hydrogens is 847 g/mol. The van der Waals surface area contributed by atoms with E-state index in [-0.39, 0.29) is 20.1 Å². The Hall–Kier alpha value is -5.59. The van der Waals surface area contributed by atoms with Gasteiger partial charge in [-0.25, -0.2) is 0 Å². The first kappa shape index (κ1) is 34.5. The van der Waals surface area contributed by atoms with E-state index in [1.807, 2.05) is 72.9 Å². The number of aryl methyl sites for hydroxylation is 1. The van der Waals surface area contributed by atoms with Crippen molar-refractivity contribution < 1.29 is 28.9 Å². The van der Waals surface area contributed by atoms with Crippen molar-refractivity contribution in [2.24, 2.45) is 0 Å². The maximum absolute atomic E-state index is 6.40. The molecule has 10 rings (SSSR count). The molecule has 0 spiro atoms. The van der Waals surface area contributed by atoms with E-state index in [2.05, 4.69) is 115 Å². The molecule has 0 aliphatic carbocycles. The number of aromatic nitrogens is 3. The van der Waals surface area contributed by atoms with Gasteiger partial charge in [0.2, 0.25) is 0 Å². The second-order valence-corrected chi connectivity index (χ2v) is 19.2. The molecule has 0 amide bonds. The third-order valence-corrected chi connectivity index (χ3v) is 11.6. The van der Waals surface area contributed by atoms with Crippen molar-refractivity contribution in [2.75, 3.05) is 0 Å². The predicted molar refractivity (Wildman–Crippen MR) is 216 cm³/mol. The zero-order valence-electron chi connectivity index (χ0n) is 29.8. The van der Waals surface area contributed by atoms with Gasteiger partial charge in [-0.05, 0) is 41.2 Å². The second-order valence-electron chi connectivity index (χ2n) is 14.2. The summed E-state index contributed by atoms with van der Waals surface area (Å²) in [4.78, 5) is 9.62. The van der Waals surface area contributed by atoms with Gasteiger partial charge in [0, 0.05) is 42.5 Å². The molecule has 7 heteroatoms. The van der Waals surface area contributed by atoms with Crippen molar-refractivity contribution in [1.29, 1.82) is 0 Å². The molecule has 4 heterocycles. The summed E-state index contributed by atoms with van der Waals surface area (Å²) in [7, 11) is -1.24. The van der Waals surface area contributed by atoms with Crippen molar-refractivity contribution in [1.82, 2.24) is 14.5 Å². The summed E-state index contributed by atoms with van der Waals surface area (Å²) in [5, 5.41) is 5.71. The van der Waals surface area contributed by atoms with Crippen LogP contribution in [0.1, 0.15) is 5.56 Å². The predicted octanol–water partition coefficient (Wildman–Crippen LogP) is 11.7. The van der Waals surface area contributed by atoms with E-state index in [0.717, 1.165) is 83.2 Å². The van der Waals surface area contributed by atoms with E-state index in [4.69, 9.17) is 13.8 Å². The van der Waals surface area contributed by atoms with Gasteiger partial charge in [0.1, 0.15) is 11.2 Å². The summed E-state index contributed by atoms with van der Waals surface area (Å²) in [5.74, 6) is 0.767. The van der Waals surface area contributed by atoms with Gasteiger partial charge in [0.15, 0.2) is 5.58 Å². The first-order valence-corrected chi connectivity index (χ1v) is 21.0. The molecule has 0 fully saturated rings. The Balaban J connectivity index is 0.000000189. The number of imidazole rings is 1. The molecule has 10 aromatic rings. The number of para-hydroxylation sites is 5. The summed E-state index contributed by atoms with van der Waals surface area (Å²) in [6.45, 7) is 9.08. The van der Waals surface area contributed by atoms with E-state index in [9.17, 15) is 0 Å². The second kappa shape index (κ2) is 13.8. The molecular formula is C46H35IrN3O2Si-2. The third kappa shape index (κ3) is 6.21. The number of furan rings is 2. The largest absolute Gasteiger partial charge is 0.501 e. The minimum atomic E-state index is -1.24. The van der Waals surface area contributed by atoms with Crippen molar-refractivity contribution in [3.63, 3.8) is 0 Å². The molecule has 0 atom stereocenters. The summed E-state index contributed by atoms with van der Waals surface area (Å²) < 4.78 is 14.9. The van der Waals surface area contributed by atoms with Gasteiger partial charge in [0.25, 0.3) is 0 Å². The van der Waals surface area contributed by atoms with E-state index in [0.29, 0.717) is 0 Å². The SMILES string of the molecule is Cc1c[c-]c(-c2ccc([Si](C)(C)C)cn2)cc1.[Ir].[c-]1ccc2c(oc3ccccc32)c1-c1nc2ccccc2n1-c1cccc2c1oc1ccccc12. The Morgan fingerprint density at radius 2 is 1.32 bits per heavy atom. The van der Waals surface area contributed by atoms with Crippen LogP contribution in [0.3, 0.4) is 0 Å². The number of hydrogen-bond acceptors (Lipinski definition) is 4. The molecule has 4 aromatic heterocycles. The Bertz CT molecular complexity index is 2900. The zero-order chi connectivity index (χ0) is 35.4. The molecule has 0 unspecified atom stereocenters. The Kier molecular flexibility index (Phi) is 8.95. The third-order valence-electron chi connectivity index (χ3n) is 9.62. The van der Waals surface area contributed by atoms with Crippen molar-refractivity contribution in [3.05, 3.63) is 157 Å². The monoisotopic (exact) mass is 882 g/mol. The molecule has 6 aromatic carbocycles. The van der Waals surface area contributed by atoms with Gasteiger partial charge in [-0.1, -0.05) is 110 Å². The van der Waals surface area contributed by atoms with Crippen LogP contribution in [0.25, 0.3) is 83.2 Å². The van der Waals surface area contributed by atoms with Crippen LogP contribution >= 0.6 is 0 Å². The minimum absolute atomic E-state index is 0. The molecule has 0 saturated heterocycles. The van der Waals surface area contributed by atoms with Gasteiger partial charge in [0.05, 0.1) is 36.2 Å². The standard InChI is InChI=1S/C31H17N2O2.C15H18NSi.Ir/c1-5-17-27-19(9-1)21-11-7-13-23(29(21)34-27)31-32-24-14-3-4-15-25(24)33(31)26-16-8-12-22-20-10-2-6-18-28(20)35-30(22)26;1-12-5-7-13(8-6-12)15-10-9-14(11-16-15)17(2,3)4;/h1-12,14-18H;5-7,9-11H,1-4H3;/q2*-1;. The molecule has 0 N–H and O–H groups in total. The van der Waals surface area contributed by atoms with Crippen LogP contribution in [0, 0.1) is 19.1 Å². The number of pyridine rings is 1. The van der Waals surface area contributed by atoms with Crippen molar-refractivity contribution in [3.8, 4) is 28.3 Å². The molecule has 0 aliphatic rings. The normalized spacial score (nSPS) is 11.6. The molecule has 5 nitrogen and oxygen atoms in total. The van der Waals surface area contributed by atoms with E-state index < -0.39 is 8.07 Å². The quantitative estimate of drug-likeness (QED) is 0.131. The van der Waals surface area contributed by atoms with E-state index >= 15 is 0 Å². The molecule has 1 radical (unpaired) electrons. The van der Waals surface area contributed by atoms with Crippen LogP contribution in [-0.2, 0) is 20.1 Å². The summed E-state index contributed by atoms with van der Waals surface area (Å²) in [5.41, 5.74) is 10.3. The number of rotatable bonds is 4. The smallest absolute Gasteiger partial charge is 0.158 e. The first-order valence-electron chi connectivity index (χ1n) is 17.5. The van der Waals surface area contributed by atoms with Crippen LogP contribution in [0.2, 0.25) is 19.6 Å². The summed E-state index contributed by atoms with van der Waals surface area (Å²) >= 11 is 0. The van der Waals surface area contributed by atoms with Crippen LogP contribution in [-0.4, -0.2) is 22.6 Å². The number of hydrogen-bond donors (Lipinski definition) is 0. The Morgan fingerprint density at radius 1 is 0.642 bits per heavy atom. The average Bonchev–Trinajstić information content (AvgIpc) is 3.87. The molecule has 53 heavy (non-hydrogen) atoms. The van der Waals surface area contributed by atoms with E-state index in [1.54, 1.807) is 0 Å². The fraction of sp³-hybridized carbons (Fsp3) is 0.0870. The molecule has 0 bridgehead atoms. The van der Waals surface area contributed by atoms with Gasteiger partial charge in [-0.3, -0.25) is 4.98 Å². The summed E-state index contributed by atoms with van der Waals surface area (Å²) in [6.07, 6.45) is 2.02.